The van der Waals surface area contributed by atoms with E-state index in [1.54, 1.807) is 0 Å². The lowest BCUT2D eigenvalue weighted by Crippen LogP contribution is -2.45. The zero-order chi connectivity index (χ0) is 14.3. The minimum Gasteiger partial charge on any atom is -0.347 e. The highest BCUT2D eigenvalue weighted by atomic mass is 16.2. The maximum Gasteiger partial charge on any atom is 0.224 e. The van der Waals surface area contributed by atoms with Crippen LogP contribution in [-0.2, 0) is 10.3 Å². The van der Waals surface area contributed by atoms with E-state index in [1.807, 2.05) is 39.1 Å². The molecule has 0 spiro atoms. The van der Waals surface area contributed by atoms with Crippen LogP contribution >= 0.6 is 0 Å². The van der Waals surface area contributed by atoms with Crippen LogP contribution in [0.2, 0.25) is 0 Å². The number of hydrogen-bond acceptors (Lipinski definition) is 2. The van der Waals surface area contributed by atoms with Gasteiger partial charge in [0.1, 0.15) is 0 Å². The van der Waals surface area contributed by atoms with Gasteiger partial charge >= 0.3 is 0 Å². The molecule has 1 amide bonds. The number of fused-ring (bicyclic) bond motifs is 2. The first-order chi connectivity index (χ1) is 9.45. The largest absolute Gasteiger partial charge is 0.347 e. The average Bonchev–Trinajstić information content (AvgIpc) is 3.01. The highest BCUT2D eigenvalue weighted by Gasteiger charge is 2.41. The molecule has 3 rings (SSSR count). The number of nitrogens with zero attached hydrogens (tertiary/aromatic N) is 1. The van der Waals surface area contributed by atoms with Gasteiger partial charge in [-0.1, -0.05) is 18.2 Å². The van der Waals surface area contributed by atoms with Gasteiger partial charge in [-0.3, -0.25) is 9.78 Å². The molecule has 1 saturated carbocycles. The summed E-state index contributed by atoms with van der Waals surface area (Å²) in [4.78, 5) is 16.9. The maximum absolute atomic E-state index is 12.5. The van der Waals surface area contributed by atoms with Gasteiger partial charge in [0.05, 0.1) is 5.54 Å². The summed E-state index contributed by atoms with van der Waals surface area (Å²) < 4.78 is 0. The molecular weight excluding hydrogens is 248 g/mol. The molecule has 3 atom stereocenters. The Labute approximate surface area is 120 Å². The third-order valence-electron chi connectivity index (χ3n) is 4.68. The standard InChI is InChI=1S/C17H22N2O/c1-11-4-7-14(10-18-11)17(2,3)19-16(20)15-9-12-5-6-13(15)8-12/h4-7,10,12-13,15H,8-9H2,1-3H3,(H,19,20)/t12-,13-,15-/m0/s1. The van der Waals surface area contributed by atoms with Crippen LogP contribution in [0.4, 0.5) is 0 Å². The van der Waals surface area contributed by atoms with Gasteiger partial charge < -0.3 is 5.32 Å². The number of carbonyl (C=O) groups is 1. The second-order valence-electron chi connectivity index (χ2n) is 6.69. The minimum absolute atomic E-state index is 0.155. The molecule has 0 radical (unpaired) electrons. The molecule has 1 aromatic rings. The monoisotopic (exact) mass is 270 g/mol. The average molecular weight is 270 g/mol. The van der Waals surface area contributed by atoms with E-state index in [2.05, 4.69) is 22.5 Å². The third kappa shape index (κ3) is 2.37. The summed E-state index contributed by atoms with van der Waals surface area (Å²) in [5.74, 6) is 1.42. The SMILES string of the molecule is Cc1ccc(C(C)(C)NC(=O)[C@H]2C[C@H]3C=C[C@H]2C3)cn1. The van der Waals surface area contributed by atoms with Gasteiger partial charge in [-0.25, -0.2) is 0 Å². The Hall–Kier alpha value is -1.64. The van der Waals surface area contributed by atoms with Crippen LogP contribution < -0.4 is 5.32 Å². The van der Waals surface area contributed by atoms with Crippen molar-refractivity contribution >= 4 is 5.91 Å². The molecule has 0 aromatic carbocycles. The number of hydrogen-bond donors (Lipinski definition) is 1. The molecule has 3 heteroatoms. The van der Waals surface area contributed by atoms with Gasteiger partial charge in [-0.05, 0) is 57.1 Å². The molecule has 1 aromatic heterocycles. The first-order valence-corrected chi connectivity index (χ1v) is 7.39. The summed E-state index contributed by atoms with van der Waals surface area (Å²) in [7, 11) is 0. The smallest absolute Gasteiger partial charge is 0.224 e. The van der Waals surface area contributed by atoms with Crippen molar-refractivity contribution < 1.29 is 4.79 Å². The fourth-order valence-electron chi connectivity index (χ4n) is 3.39. The van der Waals surface area contributed by atoms with E-state index in [9.17, 15) is 4.79 Å². The van der Waals surface area contributed by atoms with Gasteiger partial charge in [0.25, 0.3) is 0 Å². The predicted molar refractivity (Wildman–Crippen MR) is 79.0 cm³/mol. The highest BCUT2D eigenvalue weighted by molar-refractivity contribution is 5.80. The number of aryl methyl sites for hydroxylation is 1. The van der Waals surface area contributed by atoms with Crippen molar-refractivity contribution in [3.8, 4) is 0 Å². The fraction of sp³-hybridized carbons (Fsp3) is 0.529. The lowest BCUT2D eigenvalue weighted by Gasteiger charge is -2.29. The van der Waals surface area contributed by atoms with E-state index in [-0.39, 0.29) is 17.4 Å². The van der Waals surface area contributed by atoms with Gasteiger partial charge in [0, 0.05) is 17.8 Å². The lowest BCUT2D eigenvalue weighted by molar-refractivity contribution is -0.127. The molecule has 3 nitrogen and oxygen atoms in total. The lowest BCUT2D eigenvalue weighted by atomic mass is 9.90. The number of carbonyl (C=O) groups excluding carboxylic acids is 1. The van der Waals surface area contributed by atoms with Gasteiger partial charge in [-0.2, -0.15) is 0 Å². The zero-order valence-corrected chi connectivity index (χ0v) is 12.4. The van der Waals surface area contributed by atoms with Crippen molar-refractivity contribution in [3.63, 3.8) is 0 Å². The summed E-state index contributed by atoms with van der Waals surface area (Å²) in [5, 5.41) is 3.21. The summed E-state index contributed by atoms with van der Waals surface area (Å²) in [6.07, 6.45) is 8.51. The quantitative estimate of drug-likeness (QED) is 0.858. The van der Waals surface area contributed by atoms with E-state index in [0.29, 0.717) is 11.8 Å². The molecule has 0 unspecified atom stereocenters. The van der Waals surface area contributed by atoms with E-state index in [4.69, 9.17) is 0 Å². The van der Waals surface area contributed by atoms with Crippen molar-refractivity contribution in [2.24, 2.45) is 17.8 Å². The number of aromatic nitrogens is 1. The van der Waals surface area contributed by atoms with E-state index < -0.39 is 0 Å². The molecule has 2 bridgehead atoms. The van der Waals surface area contributed by atoms with Crippen molar-refractivity contribution in [1.29, 1.82) is 0 Å². The van der Waals surface area contributed by atoms with Crippen molar-refractivity contribution in [3.05, 3.63) is 41.7 Å². The molecule has 1 heterocycles. The Morgan fingerprint density at radius 3 is 2.65 bits per heavy atom. The topological polar surface area (TPSA) is 42.0 Å². The Morgan fingerprint density at radius 1 is 1.30 bits per heavy atom. The van der Waals surface area contributed by atoms with Crippen LogP contribution in [0.5, 0.6) is 0 Å². The number of amides is 1. The summed E-state index contributed by atoms with van der Waals surface area (Å²) >= 11 is 0. The van der Waals surface area contributed by atoms with Gasteiger partial charge in [-0.15, -0.1) is 0 Å². The molecule has 2 aliphatic rings. The maximum atomic E-state index is 12.5. The molecule has 106 valence electrons. The molecule has 1 fully saturated rings. The normalized spacial score (nSPS) is 27.9. The van der Waals surface area contributed by atoms with E-state index in [1.165, 1.54) is 0 Å². The number of nitrogens with one attached hydrogen (secondary N) is 1. The first-order valence-electron chi connectivity index (χ1n) is 7.39. The van der Waals surface area contributed by atoms with Gasteiger partial charge in [0.2, 0.25) is 5.91 Å². The highest BCUT2D eigenvalue weighted by Crippen LogP contribution is 2.43. The first kappa shape index (κ1) is 13.3. The molecule has 2 aliphatic carbocycles. The summed E-state index contributed by atoms with van der Waals surface area (Å²) in [6.45, 7) is 6.05. The summed E-state index contributed by atoms with van der Waals surface area (Å²) in [6, 6.07) is 4.03. The Balaban J connectivity index is 1.71. The van der Waals surface area contributed by atoms with Crippen LogP contribution in [0.15, 0.2) is 30.5 Å². The molecule has 1 N–H and O–H groups in total. The van der Waals surface area contributed by atoms with Crippen LogP contribution in [0, 0.1) is 24.7 Å². The van der Waals surface area contributed by atoms with Crippen molar-refractivity contribution in [2.75, 3.05) is 0 Å². The molecule has 20 heavy (non-hydrogen) atoms. The molecule has 0 saturated heterocycles. The fourth-order valence-corrected chi connectivity index (χ4v) is 3.39. The van der Waals surface area contributed by atoms with Crippen molar-refractivity contribution in [2.45, 2.75) is 39.2 Å². The Bertz CT molecular complexity index is 545. The molecular formula is C17H22N2O. The number of allylic oxidation sites excluding steroid dienone is 2. The Kier molecular flexibility index (Phi) is 3.15. The number of pyridine rings is 1. The zero-order valence-electron chi connectivity index (χ0n) is 12.4. The second kappa shape index (κ2) is 4.72. The third-order valence-corrected chi connectivity index (χ3v) is 4.68. The van der Waals surface area contributed by atoms with Crippen LogP contribution in [-0.4, -0.2) is 10.9 Å². The van der Waals surface area contributed by atoms with Crippen molar-refractivity contribution in [1.82, 2.24) is 10.3 Å². The summed E-state index contributed by atoms with van der Waals surface area (Å²) in [5.41, 5.74) is 1.67. The van der Waals surface area contributed by atoms with Crippen LogP contribution in [0.1, 0.15) is 37.9 Å². The minimum atomic E-state index is -0.372. The second-order valence-corrected chi connectivity index (χ2v) is 6.69. The predicted octanol–water partition coefficient (Wildman–Crippen LogP) is 2.95. The van der Waals surface area contributed by atoms with Crippen LogP contribution in [0.3, 0.4) is 0 Å². The molecule has 0 aliphatic heterocycles. The van der Waals surface area contributed by atoms with Crippen LogP contribution in [0.25, 0.3) is 0 Å². The van der Waals surface area contributed by atoms with Gasteiger partial charge in [0.15, 0.2) is 0 Å². The Morgan fingerprint density at radius 2 is 2.10 bits per heavy atom. The number of rotatable bonds is 3. The van der Waals surface area contributed by atoms with E-state index in [0.717, 1.165) is 24.1 Å². The van der Waals surface area contributed by atoms with E-state index >= 15 is 0 Å².